The van der Waals surface area contributed by atoms with Gasteiger partial charge in [0, 0.05) is 0 Å². The van der Waals surface area contributed by atoms with E-state index in [4.69, 9.17) is 23.2 Å². The molecule has 0 heterocycles. The zero-order valence-corrected chi connectivity index (χ0v) is 6.47. The first kappa shape index (κ1) is 6.70. The zero-order valence-electron chi connectivity index (χ0n) is 4.95. The number of rotatable bonds is 0. The van der Waals surface area contributed by atoms with Gasteiger partial charge in [-0.2, -0.15) is 0 Å². The van der Waals surface area contributed by atoms with Gasteiger partial charge in [-0.1, -0.05) is 6.42 Å². The molecule has 2 heteroatoms. The zero-order chi connectivity index (χ0) is 6.20. The molecule has 1 aliphatic carbocycles. The fourth-order valence-corrected chi connectivity index (χ4v) is 1.59. The van der Waals surface area contributed by atoms with Crippen LogP contribution in [-0.4, -0.2) is 10.3 Å². The first-order valence-corrected chi connectivity index (χ1v) is 3.77. The van der Waals surface area contributed by atoms with Gasteiger partial charge in [0.15, 0.2) is 0 Å². The summed E-state index contributed by atoms with van der Waals surface area (Å²) in [7, 11) is 0. The lowest BCUT2D eigenvalue weighted by atomic mass is 10.1. The van der Waals surface area contributed by atoms with Gasteiger partial charge in [0.2, 0.25) is 0 Å². The molecule has 0 nitrogen and oxygen atoms in total. The maximum atomic E-state index is 5.99. The number of hydrogen-bond donors (Lipinski definition) is 0. The molecule has 0 saturated heterocycles. The van der Waals surface area contributed by atoms with Crippen molar-refractivity contribution in [3.8, 4) is 0 Å². The quantitative estimate of drug-likeness (QED) is 0.469. The molecule has 0 aromatic carbocycles. The van der Waals surface area contributed by atoms with E-state index in [0.29, 0.717) is 0 Å². The Kier molecular flexibility index (Phi) is 1.74. The summed E-state index contributed by atoms with van der Waals surface area (Å²) in [4.78, 5) is -0.110. The summed E-state index contributed by atoms with van der Waals surface area (Å²) in [5, 5.41) is 0.198. The SMILES string of the molecule is CC1(Cl)CCCC1Cl. The van der Waals surface area contributed by atoms with E-state index in [9.17, 15) is 0 Å². The Bertz CT molecular complexity index is 88.5. The van der Waals surface area contributed by atoms with Crippen molar-refractivity contribution in [3.05, 3.63) is 0 Å². The number of alkyl halides is 2. The lowest BCUT2D eigenvalue weighted by Gasteiger charge is -2.17. The molecule has 0 spiro atoms. The molecule has 48 valence electrons. The van der Waals surface area contributed by atoms with Crippen LogP contribution in [0.5, 0.6) is 0 Å². The van der Waals surface area contributed by atoms with E-state index in [-0.39, 0.29) is 10.3 Å². The lowest BCUT2D eigenvalue weighted by molar-refractivity contribution is 0.665. The monoisotopic (exact) mass is 152 g/mol. The van der Waals surface area contributed by atoms with Crippen molar-refractivity contribution in [3.63, 3.8) is 0 Å². The Morgan fingerprint density at radius 2 is 2.25 bits per heavy atom. The normalized spacial score (nSPS) is 47.6. The van der Waals surface area contributed by atoms with Gasteiger partial charge in [-0.3, -0.25) is 0 Å². The molecule has 0 aromatic heterocycles. The Morgan fingerprint density at radius 1 is 1.62 bits per heavy atom. The smallest absolute Gasteiger partial charge is 0.0581 e. The minimum atomic E-state index is -0.110. The van der Waals surface area contributed by atoms with Crippen molar-refractivity contribution in [2.24, 2.45) is 0 Å². The molecule has 2 unspecified atom stereocenters. The predicted molar refractivity (Wildman–Crippen MR) is 37.8 cm³/mol. The molecular weight excluding hydrogens is 143 g/mol. The third-order valence-electron chi connectivity index (χ3n) is 1.78. The van der Waals surface area contributed by atoms with Gasteiger partial charge in [-0.25, -0.2) is 0 Å². The fourth-order valence-electron chi connectivity index (χ4n) is 1.08. The minimum Gasteiger partial charge on any atom is -0.121 e. The molecule has 1 rings (SSSR count). The molecule has 2 atom stereocenters. The van der Waals surface area contributed by atoms with Gasteiger partial charge in [-0.05, 0) is 19.8 Å². The van der Waals surface area contributed by atoms with Gasteiger partial charge in [0.05, 0.1) is 10.3 Å². The summed E-state index contributed by atoms with van der Waals surface area (Å²) in [6, 6.07) is 0. The van der Waals surface area contributed by atoms with Crippen molar-refractivity contribution >= 4 is 23.2 Å². The van der Waals surface area contributed by atoms with Crippen LogP contribution in [0.25, 0.3) is 0 Å². The minimum absolute atomic E-state index is 0.110. The van der Waals surface area contributed by atoms with Crippen LogP contribution in [0.3, 0.4) is 0 Å². The van der Waals surface area contributed by atoms with Gasteiger partial charge in [0.1, 0.15) is 0 Å². The highest BCUT2D eigenvalue weighted by Gasteiger charge is 2.35. The molecular formula is C6H10Cl2. The summed E-state index contributed by atoms with van der Waals surface area (Å²) in [6.07, 6.45) is 3.35. The molecule has 0 amide bonds. The van der Waals surface area contributed by atoms with E-state index < -0.39 is 0 Å². The second kappa shape index (κ2) is 2.07. The first-order valence-electron chi connectivity index (χ1n) is 2.96. The summed E-state index contributed by atoms with van der Waals surface area (Å²) in [6.45, 7) is 2.01. The molecule has 0 radical (unpaired) electrons. The van der Waals surface area contributed by atoms with Crippen LogP contribution >= 0.6 is 23.2 Å². The van der Waals surface area contributed by atoms with E-state index in [1.807, 2.05) is 6.92 Å². The van der Waals surface area contributed by atoms with E-state index in [0.717, 1.165) is 12.8 Å². The summed E-state index contributed by atoms with van der Waals surface area (Å²) < 4.78 is 0. The Morgan fingerprint density at radius 3 is 2.38 bits per heavy atom. The molecule has 0 bridgehead atoms. The van der Waals surface area contributed by atoms with Gasteiger partial charge >= 0.3 is 0 Å². The molecule has 1 saturated carbocycles. The van der Waals surface area contributed by atoms with Gasteiger partial charge in [0.25, 0.3) is 0 Å². The van der Waals surface area contributed by atoms with Gasteiger partial charge in [-0.15, -0.1) is 23.2 Å². The van der Waals surface area contributed by atoms with Crippen LogP contribution in [0.2, 0.25) is 0 Å². The van der Waals surface area contributed by atoms with Crippen LogP contribution in [0.4, 0.5) is 0 Å². The lowest BCUT2D eigenvalue weighted by Crippen LogP contribution is -2.21. The molecule has 0 aliphatic heterocycles. The standard InChI is InChI=1S/C6H10Cl2/c1-6(8)4-2-3-5(6)7/h5H,2-4H2,1H3. The average molecular weight is 153 g/mol. The predicted octanol–water partition coefficient (Wildman–Crippen LogP) is 2.78. The van der Waals surface area contributed by atoms with Crippen molar-refractivity contribution in [1.82, 2.24) is 0 Å². The highest BCUT2D eigenvalue weighted by Crippen LogP contribution is 2.38. The van der Waals surface area contributed by atoms with E-state index in [1.165, 1.54) is 6.42 Å². The number of halogens is 2. The molecule has 0 aromatic rings. The third kappa shape index (κ3) is 1.11. The Balaban J connectivity index is 2.54. The Labute approximate surface area is 60.2 Å². The van der Waals surface area contributed by atoms with Crippen LogP contribution in [0, 0.1) is 0 Å². The summed E-state index contributed by atoms with van der Waals surface area (Å²) >= 11 is 11.9. The largest absolute Gasteiger partial charge is 0.121 e. The van der Waals surface area contributed by atoms with E-state index >= 15 is 0 Å². The second-order valence-corrected chi connectivity index (χ2v) is 4.03. The summed E-state index contributed by atoms with van der Waals surface area (Å²) in [5.74, 6) is 0. The highest BCUT2D eigenvalue weighted by molar-refractivity contribution is 6.32. The Hall–Kier alpha value is 0.580. The molecule has 0 N–H and O–H groups in total. The van der Waals surface area contributed by atoms with E-state index in [2.05, 4.69) is 0 Å². The maximum absolute atomic E-state index is 5.99. The van der Waals surface area contributed by atoms with Crippen molar-refractivity contribution < 1.29 is 0 Å². The van der Waals surface area contributed by atoms with Gasteiger partial charge < -0.3 is 0 Å². The van der Waals surface area contributed by atoms with Crippen LogP contribution < -0.4 is 0 Å². The third-order valence-corrected chi connectivity index (χ3v) is 3.04. The number of hydrogen-bond acceptors (Lipinski definition) is 0. The molecule has 1 aliphatic rings. The highest BCUT2D eigenvalue weighted by atomic mass is 35.5. The van der Waals surface area contributed by atoms with Crippen molar-refractivity contribution in [1.29, 1.82) is 0 Å². The average Bonchev–Trinajstić information content (AvgIpc) is 1.86. The van der Waals surface area contributed by atoms with E-state index in [1.54, 1.807) is 0 Å². The second-order valence-electron chi connectivity index (χ2n) is 2.64. The topological polar surface area (TPSA) is 0 Å². The van der Waals surface area contributed by atoms with Crippen LogP contribution in [0.1, 0.15) is 26.2 Å². The molecule has 8 heavy (non-hydrogen) atoms. The fraction of sp³-hybridized carbons (Fsp3) is 1.00. The summed E-state index contributed by atoms with van der Waals surface area (Å²) in [5.41, 5.74) is 0. The molecule has 1 fully saturated rings. The first-order chi connectivity index (χ1) is 3.63. The van der Waals surface area contributed by atoms with Crippen LogP contribution in [-0.2, 0) is 0 Å². The van der Waals surface area contributed by atoms with Crippen molar-refractivity contribution in [2.45, 2.75) is 36.4 Å². The van der Waals surface area contributed by atoms with Crippen LogP contribution in [0.15, 0.2) is 0 Å². The maximum Gasteiger partial charge on any atom is 0.0581 e. The van der Waals surface area contributed by atoms with Crippen molar-refractivity contribution in [2.75, 3.05) is 0 Å².